The Balaban J connectivity index is 2.21. The molecule has 0 saturated carbocycles. The molecule has 1 atom stereocenters. The van der Waals surface area contributed by atoms with E-state index >= 15 is 0 Å². The Morgan fingerprint density at radius 1 is 1.43 bits per heavy atom. The van der Waals surface area contributed by atoms with Gasteiger partial charge in [0, 0.05) is 17.6 Å². The van der Waals surface area contributed by atoms with Gasteiger partial charge in [-0.3, -0.25) is 9.36 Å². The van der Waals surface area contributed by atoms with Crippen LogP contribution in [0.1, 0.15) is 53.6 Å². The lowest BCUT2D eigenvalue weighted by Gasteiger charge is -2.16. The summed E-state index contributed by atoms with van der Waals surface area (Å²) in [6.07, 6.45) is 2.27. The van der Waals surface area contributed by atoms with Crippen LogP contribution in [0.15, 0.2) is 18.3 Å². The van der Waals surface area contributed by atoms with Crippen molar-refractivity contribution < 1.29 is 13.6 Å². The van der Waals surface area contributed by atoms with Gasteiger partial charge in [-0.2, -0.15) is 8.78 Å². The minimum Gasteiger partial charge on any atom is -0.344 e. The minimum atomic E-state index is -2.74. The number of amides is 1. The Bertz CT molecular complexity index is 633. The number of carbonyl (C=O) groups is 1. The van der Waals surface area contributed by atoms with Crippen molar-refractivity contribution in [3.63, 3.8) is 0 Å². The summed E-state index contributed by atoms with van der Waals surface area (Å²) >= 11 is 0. The van der Waals surface area contributed by atoms with Crippen LogP contribution in [0.25, 0.3) is 0 Å². The average Bonchev–Trinajstić information content (AvgIpc) is 3.01. The van der Waals surface area contributed by atoms with E-state index in [2.05, 4.69) is 15.3 Å². The zero-order valence-electron chi connectivity index (χ0n) is 12.2. The Kier molecular flexibility index (Phi) is 4.40. The zero-order valence-corrected chi connectivity index (χ0v) is 12.2. The molecule has 2 N–H and O–H groups in total. The number of nitrogens with zero attached hydrogens (tertiary/aromatic N) is 2. The number of hydrogen-bond acceptors (Lipinski definition) is 2. The van der Waals surface area contributed by atoms with E-state index in [0.717, 1.165) is 10.3 Å². The van der Waals surface area contributed by atoms with Crippen LogP contribution in [-0.2, 0) is 0 Å². The lowest BCUT2D eigenvalue weighted by molar-refractivity contribution is 0.0613. The van der Waals surface area contributed by atoms with Crippen molar-refractivity contribution in [1.82, 2.24) is 19.9 Å². The first kappa shape index (κ1) is 15.2. The third kappa shape index (κ3) is 3.12. The molecular formula is C14H18F2N4O. The van der Waals surface area contributed by atoms with Gasteiger partial charge in [-0.05, 0) is 32.4 Å². The van der Waals surface area contributed by atoms with E-state index in [-0.39, 0.29) is 11.7 Å². The van der Waals surface area contributed by atoms with Gasteiger partial charge >= 0.3 is 6.55 Å². The molecule has 0 saturated heterocycles. The summed E-state index contributed by atoms with van der Waals surface area (Å²) in [7, 11) is 0. The molecule has 0 radical (unpaired) electrons. The van der Waals surface area contributed by atoms with E-state index in [4.69, 9.17) is 0 Å². The number of alkyl halides is 2. The number of imidazole rings is 1. The first-order chi connectivity index (χ1) is 9.93. The lowest BCUT2D eigenvalue weighted by atomic mass is 10.2. The van der Waals surface area contributed by atoms with E-state index < -0.39 is 12.5 Å². The molecular weight excluding hydrogens is 278 g/mol. The molecule has 0 spiro atoms. The number of rotatable bonds is 5. The first-order valence-electron chi connectivity index (χ1n) is 6.72. The van der Waals surface area contributed by atoms with Crippen molar-refractivity contribution in [3.05, 3.63) is 41.2 Å². The predicted molar refractivity (Wildman–Crippen MR) is 74.2 cm³/mol. The number of nitrogens with one attached hydrogen (secondary N) is 2. The Morgan fingerprint density at radius 3 is 2.67 bits per heavy atom. The summed E-state index contributed by atoms with van der Waals surface area (Å²) in [5.41, 5.74) is 1.17. The van der Waals surface area contributed by atoms with E-state index in [1.807, 2.05) is 13.8 Å². The summed E-state index contributed by atoms with van der Waals surface area (Å²) in [5.74, 6) is 0.0829. The molecule has 0 unspecified atom stereocenters. The van der Waals surface area contributed by atoms with Crippen molar-refractivity contribution >= 4 is 5.91 Å². The second kappa shape index (κ2) is 6.07. The van der Waals surface area contributed by atoms with Gasteiger partial charge < -0.3 is 10.3 Å². The SMILES string of the molecule is CC[C@H](NC(=O)c1ccc(C)n1C(F)F)c1ncc(C)[nH]1. The Hall–Kier alpha value is -2.18. The largest absolute Gasteiger partial charge is 0.344 e. The van der Waals surface area contributed by atoms with Crippen LogP contribution in [0.2, 0.25) is 0 Å². The maximum atomic E-state index is 13.0. The fourth-order valence-electron chi connectivity index (χ4n) is 2.20. The van der Waals surface area contributed by atoms with Gasteiger partial charge in [-0.15, -0.1) is 0 Å². The number of halogens is 2. The molecule has 2 rings (SSSR count). The summed E-state index contributed by atoms with van der Waals surface area (Å²) in [6, 6.07) is 2.56. The third-order valence-electron chi connectivity index (χ3n) is 3.32. The van der Waals surface area contributed by atoms with Crippen molar-refractivity contribution in [1.29, 1.82) is 0 Å². The second-order valence-corrected chi connectivity index (χ2v) is 4.89. The number of aryl methyl sites for hydroxylation is 2. The highest BCUT2D eigenvalue weighted by Gasteiger charge is 2.22. The highest BCUT2D eigenvalue weighted by Crippen LogP contribution is 2.20. The smallest absolute Gasteiger partial charge is 0.319 e. The van der Waals surface area contributed by atoms with Crippen LogP contribution in [0.5, 0.6) is 0 Å². The monoisotopic (exact) mass is 296 g/mol. The molecule has 2 aromatic rings. The minimum absolute atomic E-state index is 0.0516. The molecule has 2 heterocycles. The van der Waals surface area contributed by atoms with Gasteiger partial charge in [0.1, 0.15) is 11.5 Å². The normalized spacial score (nSPS) is 12.7. The molecule has 1 amide bonds. The molecule has 0 bridgehead atoms. The van der Waals surface area contributed by atoms with Crippen molar-refractivity contribution in [3.8, 4) is 0 Å². The quantitative estimate of drug-likeness (QED) is 0.890. The molecule has 7 heteroatoms. The van der Waals surface area contributed by atoms with Crippen LogP contribution in [0.4, 0.5) is 8.78 Å². The van der Waals surface area contributed by atoms with E-state index in [0.29, 0.717) is 17.9 Å². The van der Waals surface area contributed by atoms with E-state index in [1.165, 1.54) is 19.1 Å². The third-order valence-corrected chi connectivity index (χ3v) is 3.32. The van der Waals surface area contributed by atoms with Gasteiger partial charge in [0.2, 0.25) is 0 Å². The van der Waals surface area contributed by atoms with Crippen LogP contribution < -0.4 is 5.32 Å². The first-order valence-corrected chi connectivity index (χ1v) is 6.72. The molecule has 0 aliphatic carbocycles. The zero-order chi connectivity index (χ0) is 15.6. The molecule has 5 nitrogen and oxygen atoms in total. The molecule has 0 fully saturated rings. The van der Waals surface area contributed by atoms with Crippen LogP contribution in [-0.4, -0.2) is 20.4 Å². The number of carbonyl (C=O) groups excluding carboxylic acids is 1. The summed E-state index contributed by atoms with van der Waals surface area (Å²) in [4.78, 5) is 19.4. The maximum Gasteiger partial charge on any atom is 0.319 e. The van der Waals surface area contributed by atoms with Crippen molar-refractivity contribution in [2.45, 2.75) is 39.8 Å². The van der Waals surface area contributed by atoms with Gasteiger partial charge in [0.15, 0.2) is 0 Å². The van der Waals surface area contributed by atoms with Crippen molar-refractivity contribution in [2.75, 3.05) is 0 Å². The molecule has 2 aromatic heterocycles. The predicted octanol–water partition coefficient (Wildman–Crippen LogP) is 3.10. The lowest BCUT2D eigenvalue weighted by Crippen LogP contribution is -2.31. The number of hydrogen-bond donors (Lipinski definition) is 2. The van der Waals surface area contributed by atoms with Gasteiger partial charge in [-0.1, -0.05) is 6.92 Å². The fourth-order valence-corrected chi connectivity index (χ4v) is 2.20. The van der Waals surface area contributed by atoms with E-state index in [1.54, 1.807) is 6.20 Å². The Morgan fingerprint density at radius 2 is 2.14 bits per heavy atom. The van der Waals surface area contributed by atoms with Crippen LogP contribution in [0, 0.1) is 13.8 Å². The molecule has 0 aliphatic rings. The van der Waals surface area contributed by atoms with E-state index in [9.17, 15) is 13.6 Å². The topological polar surface area (TPSA) is 62.7 Å². The number of aromatic nitrogens is 3. The summed E-state index contributed by atoms with van der Waals surface area (Å²) in [6.45, 7) is 2.54. The van der Waals surface area contributed by atoms with Gasteiger partial charge in [0.05, 0.1) is 6.04 Å². The fraction of sp³-hybridized carbons (Fsp3) is 0.429. The Labute approximate surface area is 121 Å². The molecule has 0 aliphatic heterocycles. The molecule has 114 valence electrons. The highest BCUT2D eigenvalue weighted by molar-refractivity contribution is 5.93. The summed E-state index contributed by atoms with van der Waals surface area (Å²) < 4.78 is 26.7. The molecule has 0 aromatic carbocycles. The summed E-state index contributed by atoms with van der Waals surface area (Å²) in [5, 5.41) is 2.73. The van der Waals surface area contributed by atoms with Crippen LogP contribution >= 0.6 is 0 Å². The standard InChI is InChI=1S/C14H18F2N4O/c1-4-10(12-17-7-8(2)18-12)19-13(21)11-6-5-9(3)20(11)14(15)16/h5-7,10,14H,4H2,1-3H3,(H,17,18)(H,19,21)/t10-/m0/s1. The average molecular weight is 296 g/mol. The molecule has 21 heavy (non-hydrogen) atoms. The van der Waals surface area contributed by atoms with Crippen LogP contribution in [0.3, 0.4) is 0 Å². The maximum absolute atomic E-state index is 13.0. The van der Waals surface area contributed by atoms with Gasteiger partial charge in [-0.25, -0.2) is 4.98 Å². The van der Waals surface area contributed by atoms with Gasteiger partial charge in [0.25, 0.3) is 5.91 Å². The second-order valence-electron chi connectivity index (χ2n) is 4.89. The highest BCUT2D eigenvalue weighted by atomic mass is 19.3. The van der Waals surface area contributed by atoms with Crippen molar-refractivity contribution in [2.24, 2.45) is 0 Å². The number of H-pyrrole nitrogens is 1. The number of aromatic amines is 1.